The van der Waals surface area contributed by atoms with E-state index in [1.54, 1.807) is 36.4 Å². The highest BCUT2D eigenvalue weighted by atomic mass is 35.5. The summed E-state index contributed by atoms with van der Waals surface area (Å²) in [6.45, 7) is -0.0710. The maximum absolute atomic E-state index is 11.6. The number of amides is 2. The summed E-state index contributed by atoms with van der Waals surface area (Å²) in [5.41, 5.74) is 0. The Morgan fingerprint density at radius 3 is 2.64 bits per heavy atom. The lowest BCUT2D eigenvalue weighted by Gasteiger charge is -2.08. The standard InChI is InChI=1S/C15H15ClN2O4/c16-12-5-1-2-6-13(12)22-10-15(20)18-9-14(19)17-8-11-4-3-7-21-11/h1-7H,8-10H2,(H,17,19)(H,18,20). The maximum Gasteiger partial charge on any atom is 0.258 e. The van der Waals surface area contributed by atoms with Crippen molar-refractivity contribution in [1.29, 1.82) is 0 Å². The molecule has 0 spiro atoms. The third kappa shape index (κ3) is 5.14. The zero-order chi connectivity index (χ0) is 15.8. The monoisotopic (exact) mass is 322 g/mol. The number of furan rings is 1. The molecule has 0 saturated heterocycles. The first-order valence-electron chi connectivity index (χ1n) is 6.58. The molecule has 0 aliphatic heterocycles. The summed E-state index contributed by atoms with van der Waals surface area (Å²) in [6, 6.07) is 10.3. The average Bonchev–Trinajstić information content (AvgIpc) is 3.03. The van der Waals surface area contributed by atoms with Crippen LogP contribution in [0.1, 0.15) is 5.76 Å². The lowest BCUT2D eigenvalue weighted by Crippen LogP contribution is -2.38. The minimum atomic E-state index is -0.409. The fourth-order valence-electron chi connectivity index (χ4n) is 1.60. The van der Waals surface area contributed by atoms with Crippen molar-refractivity contribution in [2.75, 3.05) is 13.2 Å². The van der Waals surface area contributed by atoms with Crippen molar-refractivity contribution in [3.8, 4) is 5.75 Å². The van der Waals surface area contributed by atoms with Crippen molar-refractivity contribution < 1.29 is 18.7 Å². The highest BCUT2D eigenvalue weighted by Crippen LogP contribution is 2.22. The number of benzene rings is 1. The molecule has 0 saturated carbocycles. The van der Waals surface area contributed by atoms with Crippen molar-refractivity contribution >= 4 is 23.4 Å². The Morgan fingerprint density at radius 2 is 1.91 bits per heavy atom. The van der Waals surface area contributed by atoms with Crippen LogP contribution in [0.15, 0.2) is 47.1 Å². The van der Waals surface area contributed by atoms with Crippen LogP contribution >= 0.6 is 11.6 Å². The molecular weight excluding hydrogens is 308 g/mol. The highest BCUT2D eigenvalue weighted by molar-refractivity contribution is 6.32. The van der Waals surface area contributed by atoms with Crippen LogP contribution in [0.2, 0.25) is 5.02 Å². The molecule has 0 unspecified atom stereocenters. The second-order valence-corrected chi connectivity index (χ2v) is 4.76. The predicted molar refractivity (Wildman–Crippen MR) is 80.5 cm³/mol. The first kappa shape index (κ1) is 15.9. The molecule has 116 valence electrons. The summed E-state index contributed by atoms with van der Waals surface area (Å²) >= 11 is 5.90. The molecule has 2 amide bonds. The SMILES string of the molecule is O=C(CNC(=O)COc1ccccc1Cl)NCc1ccco1. The van der Waals surface area contributed by atoms with Gasteiger partial charge in [0, 0.05) is 0 Å². The molecule has 0 bridgehead atoms. The molecule has 0 radical (unpaired) electrons. The van der Waals surface area contributed by atoms with Gasteiger partial charge in [-0.1, -0.05) is 23.7 Å². The number of halogens is 1. The van der Waals surface area contributed by atoms with Crippen LogP contribution < -0.4 is 15.4 Å². The van der Waals surface area contributed by atoms with Crippen molar-refractivity contribution in [1.82, 2.24) is 10.6 Å². The number of hydrogen-bond acceptors (Lipinski definition) is 4. The molecule has 0 fully saturated rings. The lowest BCUT2D eigenvalue weighted by molar-refractivity contribution is -0.127. The largest absolute Gasteiger partial charge is 0.482 e. The van der Waals surface area contributed by atoms with Gasteiger partial charge >= 0.3 is 0 Å². The third-order valence-electron chi connectivity index (χ3n) is 2.68. The van der Waals surface area contributed by atoms with Crippen LogP contribution in [0.25, 0.3) is 0 Å². The minimum absolute atomic E-state index is 0.134. The summed E-state index contributed by atoms with van der Waals surface area (Å²) in [6.07, 6.45) is 1.52. The highest BCUT2D eigenvalue weighted by Gasteiger charge is 2.08. The van der Waals surface area contributed by atoms with Crippen LogP contribution in [-0.2, 0) is 16.1 Å². The number of rotatable bonds is 7. The number of ether oxygens (including phenoxy) is 1. The number of hydrogen-bond donors (Lipinski definition) is 2. The molecule has 1 aromatic carbocycles. The van der Waals surface area contributed by atoms with E-state index >= 15 is 0 Å². The van der Waals surface area contributed by atoms with Gasteiger partial charge in [0.25, 0.3) is 5.91 Å². The molecule has 7 heteroatoms. The third-order valence-corrected chi connectivity index (χ3v) is 2.99. The fraction of sp³-hybridized carbons (Fsp3) is 0.200. The van der Waals surface area contributed by atoms with Gasteiger partial charge in [-0.15, -0.1) is 0 Å². The van der Waals surface area contributed by atoms with E-state index in [2.05, 4.69) is 10.6 Å². The molecule has 1 aromatic heterocycles. The van der Waals surface area contributed by atoms with Crippen molar-refractivity contribution in [2.24, 2.45) is 0 Å². The van der Waals surface area contributed by atoms with E-state index in [4.69, 9.17) is 20.8 Å². The molecule has 22 heavy (non-hydrogen) atoms. The van der Waals surface area contributed by atoms with Gasteiger partial charge in [0.05, 0.1) is 24.4 Å². The van der Waals surface area contributed by atoms with Crippen molar-refractivity contribution in [3.63, 3.8) is 0 Å². The number of carbonyl (C=O) groups excluding carboxylic acids is 2. The Balaban J connectivity index is 1.65. The van der Waals surface area contributed by atoms with E-state index in [-0.39, 0.29) is 25.6 Å². The summed E-state index contributed by atoms with van der Waals surface area (Å²) in [5.74, 6) is 0.332. The Hall–Kier alpha value is -2.47. The van der Waals surface area contributed by atoms with Crippen LogP contribution in [0.5, 0.6) is 5.75 Å². The predicted octanol–water partition coefficient (Wildman–Crippen LogP) is 1.74. The molecular formula is C15H15ClN2O4. The van der Waals surface area contributed by atoms with E-state index < -0.39 is 5.91 Å². The zero-order valence-corrected chi connectivity index (χ0v) is 12.4. The van der Waals surface area contributed by atoms with Crippen LogP contribution in [0, 0.1) is 0 Å². The summed E-state index contributed by atoms with van der Waals surface area (Å²) < 4.78 is 10.3. The molecule has 6 nitrogen and oxygen atoms in total. The molecule has 1 heterocycles. The molecule has 0 atom stereocenters. The molecule has 2 N–H and O–H groups in total. The van der Waals surface area contributed by atoms with E-state index in [0.29, 0.717) is 16.5 Å². The minimum Gasteiger partial charge on any atom is -0.482 e. The van der Waals surface area contributed by atoms with Gasteiger partial charge in [-0.3, -0.25) is 9.59 Å². The van der Waals surface area contributed by atoms with E-state index in [0.717, 1.165) is 0 Å². The molecule has 0 aliphatic rings. The van der Waals surface area contributed by atoms with Gasteiger partial charge in [0.1, 0.15) is 11.5 Å². The first-order valence-corrected chi connectivity index (χ1v) is 6.96. The zero-order valence-electron chi connectivity index (χ0n) is 11.7. The van der Waals surface area contributed by atoms with E-state index in [9.17, 15) is 9.59 Å². The topological polar surface area (TPSA) is 80.6 Å². The fourth-order valence-corrected chi connectivity index (χ4v) is 1.79. The molecule has 2 rings (SSSR count). The van der Waals surface area contributed by atoms with Gasteiger partial charge in [0.15, 0.2) is 6.61 Å². The first-order chi connectivity index (χ1) is 10.6. The Kier molecular flexibility index (Phi) is 5.85. The lowest BCUT2D eigenvalue weighted by atomic mass is 10.3. The van der Waals surface area contributed by atoms with Crippen molar-refractivity contribution in [3.05, 3.63) is 53.4 Å². The maximum atomic E-state index is 11.6. The van der Waals surface area contributed by atoms with E-state index in [1.807, 2.05) is 0 Å². The van der Waals surface area contributed by atoms with Crippen LogP contribution in [-0.4, -0.2) is 25.0 Å². The molecule has 0 aliphatic carbocycles. The Morgan fingerprint density at radius 1 is 1.09 bits per heavy atom. The van der Waals surface area contributed by atoms with Crippen LogP contribution in [0.4, 0.5) is 0 Å². The number of nitrogens with one attached hydrogen (secondary N) is 2. The van der Waals surface area contributed by atoms with Gasteiger partial charge in [0.2, 0.25) is 5.91 Å². The van der Waals surface area contributed by atoms with Gasteiger partial charge in [-0.25, -0.2) is 0 Å². The quantitative estimate of drug-likeness (QED) is 0.813. The molecule has 2 aromatic rings. The van der Waals surface area contributed by atoms with Crippen LogP contribution in [0.3, 0.4) is 0 Å². The second-order valence-electron chi connectivity index (χ2n) is 4.35. The summed E-state index contributed by atoms with van der Waals surface area (Å²) in [7, 11) is 0. The van der Waals surface area contributed by atoms with E-state index in [1.165, 1.54) is 6.26 Å². The Bertz CT molecular complexity index is 628. The Labute approximate surface area is 132 Å². The smallest absolute Gasteiger partial charge is 0.258 e. The number of carbonyl (C=O) groups is 2. The average molecular weight is 323 g/mol. The van der Waals surface area contributed by atoms with Gasteiger partial charge < -0.3 is 19.8 Å². The normalized spacial score (nSPS) is 10.0. The summed E-state index contributed by atoms with van der Waals surface area (Å²) in [4.78, 5) is 23.1. The van der Waals surface area contributed by atoms with Crippen molar-refractivity contribution in [2.45, 2.75) is 6.54 Å². The number of para-hydroxylation sites is 1. The second kappa shape index (κ2) is 8.09. The summed E-state index contributed by atoms with van der Waals surface area (Å²) in [5, 5.41) is 5.49. The van der Waals surface area contributed by atoms with Gasteiger partial charge in [-0.05, 0) is 24.3 Å². The van der Waals surface area contributed by atoms with Gasteiger partial charge in [-0.2, -0.15) is 0 Å².